The van der Waals surface area contributed by atoms with Gasteiger partial charge in [0.15, 0.2) is 0 Å². The predicted molar refractivity (Wildman–Crippen MR) is 64.7 cm³/mol. The van der Waals surface area contributed by atoms with Crippen molar-refractivity contribution >= 4 is 24.3 Å². The number of rotatable bonds is 3. The molecule has 0 saturated heterocycles. The summed E-state index contributed by atoms with van der Waals surface area (Å²) in [6.45, 7) is 2.02. The number of aliphatic hydroxyl groups is 1. The smallest absolute Gasteiger partial charge is 1.00 e. The zero-order valence-corrected chi connectivity index (χ0v) is 11.2. The maximum atomic E-state index is 8.93. The first kappa shape index (κ1) is 18.2. The third kappa shape index (κ3) is 4.77. The number of nitriles is 1. The second-order valence-corrected chi connectivity index (χ2v) is 4.11. The van der Waals surface area contributed by atoms with Crippen LogP contribution in [0.5, 0.6) is 0 Å². The Morgan fingerprint density at radius 2 is 2.12 bits per heavy atom. The normalized spacial score (nSPS) is 10.6. The van der Waals surface area contributed by atoms with Crippen molar-refractivity contribution in [3.8, 4) is 6.07 Å². The zero-order chi connectivity index (χ0) is 10.6. The van der Waals surface area contributed by atoms with E-state index in [1.807, 2.05) is 25.1 Å². The maximum absolute atomic E-state index is 8.93. The Kier molecular flexibility index (Phi) is 10.1. The van der Waals surface area contributed by atoms with Gasteiger partial charge in [-0.3, -0.25) is 0 Å². The standard InChI is InChI=1S/C11H12BrNO.B.Li/c1-8-6-10(12)2-3-11(8)9(7-13)4-5-14;;/h2-3,6,9,14H,4-5H2,1H3;;/q;-1;+1. The average Bonchev–Trinajstić information content (AvgIpc) is 2.15. The molecule has 0 fully saturated rings. The Hall–Kier alpha value is -0.188. The summed E-state index contributed by atoms with van der Waals surface area (Å²) in [7, 11) is 0. The Labute approximate surface area is 119 Å². The molecule has 1 N–H and O–H groups in total. The molecule has 1 aromatic carbocycles. The van der Waals surface area contributed by atoms with Crippen LogP contribution in [0.2, 0.25) is 0 Å². The molecule has 0 saturated carbocycles. The van der Waals surface area contributed by atoms with Gasteiger partial charge in [0.25, 0.3) is 0 Å². The van der Waals surface area contributed by atoms with Crippen molar-refractivity contribution in [1.82, 2.24) is 0 Å². The van der Waals surface area contributed by atoms with Crippen molar-refractivity contribution in [2.24, 2.45) is 0 Å². The van der Waals surface area contributed by atoms with E-state index in [4.69, 9.17) is 10.4 Å². The summed E-state index contributed by atoms with van der Waals surface area (Å²) in [6.07, 6.45) is 0.499. The van der Waals surface area contributed by atoms with Crippen molar-refractivity contribution in [1.29, 1.82) is 5.26 Å². The fourth-order valence-corrected chi connectivity index (χ4v) is 1.92. The number of hydrogen-bond acceptors (Lipinski definition) is 2. The molecule has 0 aliphatic rings. The molecule has 16 heavy (non-hydrogen) atoms. The fourth-order valence-electron chi connectivity index (χ4n) is 1.45. The molecule has 4 radical (unpaired) electrons. The minimum Gasteiger partial charge on any atom is -1.00 e. The third-order valence-corrected chi connectivity index (χ3v) is 2.67. The molecule has 1 rings (SSSR count). The molecule has 78 valence electrons. The van der Waals surface area contributed by atoms with Gasteiger partial charge in [0.2, 0.25) is 0 Å². The van der Waals surface area contributed by atoms with E-state index in [1.165, 1.54) is 0 Å². The summed E-state index contributed by atoms with van der Waals surface area (Å²) in [5.74, 6) is -0.201. The number of aliphatic hydroxyl groups excluding tert-OH is 1. The zero-order valence-electron chi connectivity index (χ0n) is 9.57. The van der Waals surface area contributed by atoms with Crippen LogP contribution in [-0.4, -0.2) is 20.1 Å². The van der Waals surface area contributed by atoms with Crippen LogP contribution >= 0.6 is 15.9 Å². The summed E-state index contributed by atoms with van der Waals surface area (Å²) in [5, 5.41) is 17.7. The van der Waals surface area contributed by atoms with Gasteiger partial charge in [-0.1, -0.05) is 22.0 Å². The van der Waals surface area contributed by atoms with Crippen LogP contribution in [0.3, 0.4) is 0 Å². The van der Waals surface area contributed by atoms with E-state index in [0.717, 1.165) is 15.6 Å². The van der Waals surface area contributed by atoms with Crippen LogP contribution in [0, 0.1) is 18.3 Å². The predicted octanol–water partition coefficient (Wildman–Crippen LogP) is -0.630. The third-order valence-electron chi connectivity index (χ3n) is 2.18. The van der Waals surface area contributed by atoms with Crippen molar-refractivity contribution in [3.05, 3.63) is 33.8 Å². The van der Waals surface area contributed by atoms with Crippen LogP contribution in [-0.2, 0) is 0 Å². The molecule has 0 bridgehead atoms. The Bertz CT molecular complexity index is 367. The summed E-state index contributed by atoms with van der Waals surface area (Å²) in [6, 6.07) is 8.04. The fraction of sp³-hybridized carbons (Fsp3) is 0.364. The maximum Gasteiger partial charge on any atom is 1.00 e. The summed E-state index contributed by atoms with van der Waals surface area (Å²) in [4.78, 5) is 0. The number of aryl methyl sites for hydroxylation is 1. The Balaban J connectivity index is 0. The van der Waals surface area contributed by atoms with Gasteiger partial charge < -0.3 is 13.5 Å². The average molecular weight is 272 g/mol. The molecular formula is C11H12BBrLiNO. The van der Waals surface area contributed by atoms with Crippen LogP contribution in [0.1, 0.15) is 23.5 Å². The molecule has 0 aliphatic heterocycles. The van der Waals surface area contributed by atoms with Crippen molar-refractivity contribution < 1.29 is 24.0 Å². The molecule has 0 heterocycles. The van der Waals surface area contributed by atoms with Gasteiger partial charge in [-0.15, -0.1) is 0 Å². The Morgan fingerprint density at radius 1 is 1.50 bits per heavy atom. The molecule has 1 atom stereocenters. The quantitative estimate of drug-likeness (QED) is 0.744. The molecule has 2 nitrogen and oxygen atoms in total. The summed E-state index contributed by atoms with van der Waals surface area (Å²) >= 11 is 3.37. The minimum atomic E-state index is -0.201. The molecule has 0 spiro atoms. The van der Waals surface area contributed by atoms with Gasteiger partial charge in [0.1, 0.15) is 0 Å². The second kappa shape index (κ2) is 8.91. The van der Waals surface area contributed by atoms with Crippen LogP contribution in [0.25, 0.3) is 0 Å². The summed E-state index contributed by atoms with van der Waals surface area (Å²) < 4.78 is 1.01. The van der Waals surface area contributed by atoms with Gasteiger partial charge in [-0.05, 0) is 36.6 Å². The SMILES string of the molecule is Cc1cc(Br)ccc1C(C#N)CCO.[B-].[Li+]. The number of nitrogens with zero attached hydrogens (tertiary/aromatic N) is 1. The van der Waals surface area contributed by atoms with Gasteiger partial charge in [-0.25, -0.2) is 0 Å². The second-order valence-electron chi connectivity index (χ2n) is 3.19. The van der Waals surface area contributed by atoms with Crippen molar-refractivity contribution in [2.45, 2.75) is 19.3 Å². The van der Waals surface area contributed by atoms with Gasteiger partial charge >= 0.3 is 18.9 Å². The van der Waals surface area contributed by atoms with Crippen molar-refractivity contribution in [2.75, 3.05) is 6.61 Å². The first-order valence-electron chi connectivity index (χ1n) is 4.45. The Morgan fingerprint density at radius 3 is 2.56 bits per heavy atom. The number of benzene rings is 1. The molecular weight excluding hydrogens is 260 g/mol. The van der Waals surface area contributed by atoms with E-state index < -0.39 is 0 Å². The molecule has 0 aliphatic carbocycles. The van der Waals surface area contributed by atoms with Crippen molar-refractivity contribution in [3.63, 3.8) is 0 Å². The van der Waals surface area contributed by atoms with E-state index >= 15 is 0 Å². The topological polar surface area (TPSA) is 44.0 Å². The van der Waals surface area contributed by atoms with Gasteiger partial charge in [0, 0.05) is 11.1 Å². The molecule has 1 aromatic rings. The monoisotopic (exact) mass is 271 g/mol. The van der Waals surface area contributed by atoms with Crippen LogP contribution in [0.15, 0.2) is 22.7 Å². The number of halogens is 1. The molecule has 1 unspecified atom stereocenters. The van der Waals surface area contributed by atoms with E-state index in [1.54, 1.807) is 0 Å². The van der Waals surface area contributed by atoms with Crippen LogP contribution in [0.4, 0.5) is 0 Å². The van der Waals surface area contributed by atoms with E-state index in [2.05, 4.69) is 22.0 Å². The molecule has 0 amide bonds. The largest absolute Gasteiger partial charge is 1.00 e. The van der Waals surface area contributed by atoms with Gasteiger partial charge in [0.05, 0.1) is 12.0 Å². The van der Waals surface area contributed by atoms with E-state index in [-0.39, 0.29) is 39.8 Å². The van der Waals surface area contributed by atoms with Gasteiger partial charge in [-0.2, -0.15) is 5.26 Å². The molecule has 5 heteroatoms. The minimum absolute atomic E-state index is 0. The first-order valence-corrected chi connectivity index (χ1v) is 5.25. The van der Waals surface area contributed by atoms with E-state index in [9.17, 15) is 0 Å². The molecule has 0 aromatic heterocycles. The van der Waals surface area contributed by atoms with Crippen LogP contribution < -0.4 is 18.9 Å². The first-order chi connectivity index (χ1) is 6.69. The number of hydrogen-bond donors (Lipinski definition) is 1. The van der Waals surface area contributed by atoms with E-state index in [0.29, 0.717) is 6.42 Å². The summed E-state index contributed by atoms with van der Waals surface area (Å²) in [5.41, 5.74) is 2.09.